The highest BCUT2D eigenvalue weighted by Crippen LogP contribution is 2.14. The van der Waals surface area contributed by atoms with E-state index in [0.717, 1.165) is 25.7 Å². The predicted molar refractivity (Wildman–Crippen MR) is 129 cm³/mol. The molecule has 0 aliphatic heterocycles. The van der Waals surface area contributed by atoms with Crippen molar-refractivity contribution >= 4 is 22.2 Å². The Morgan fingerprint density at radius 1 is 0.778 bits per heavy atom. The molecule has 0 bridgehead atoms. The number of nitrogens with one attached hydrogen (secondary N) is 3. The van der Waals surface area contributed by atoms with E-state index in [4.69, 9.17) is 8.83 Å². The number of hydrogen-bond donors (Lipinski definition) is 3. The Balaban J connectivity index is 0.000000202. The van der Waals surface area contributed by atoms with Crippen LogP contribution in [0.2, 0.25) is 0 Å². The zero-order valence-corrected chi connectivity index (χ0v) is 19.7. The van der Waals surface area contributed by atoms with Gasteiger partial charge in [-0.25, -0.2) is 28.1 Å². The van der Waals surface area contributed by atoms with Gasteiger partial charge in [-0.3, -0.25) is 24.5 Å². The smallest absolute Gasteiger partial charge is 0.337 e. The Morgan fingerprint density at radius 2 is 1.33 bits per heavy atom. The highest BCUT2D eigenvalue weighted by Gasteiger charge is 2.15. The average Bonchev–Trinajstić information content (AvgIpc) is 2.80. The van der Waals surface area contributed by atoms with Crippen molar-refractivity contribution in [1.29, 1.82) is 0 Å². The van der Waals surface area contributed by atoms with Crippen LogP contribution in [0.5, 0.6) is 0 Å². The number of aromatic nitrogens is 4. The van der Waals surface area contributed by atoms with Gasteiger partial charge >= 0.3 is 22.6 Å². The largest absolute Gasteiger partial charge is 0.405 e. The third-order valence-corrected chi connectivity index (χ3v) is 5.41. The van der Waals surface area contributed by atoms with Crippen molar-refractivity contribution < 1.29 is 13.2 Å². The van der Waals surface area contributed by atoms with E-state index < -0.39 is 40.5 Å². The van der Waals surface area contributed by atoms with E-state index >= 15 is 0 Å². The SMILES string of the molecule is CCCCc1cc(=O)oc2[nH]c(=O)[nH]c(=O)c12.CCCCc1cc(=O)oc2c1c(=O)[nH]c(=O)n2CF. The summed E-state index contributed by atoms with van der Waals surface area (Å²) in [7, 11) is 0. The van der Waals surface area contributed by atoms with Gasteiger partial charge in [0.1, 0.15) is 10.8 Å². The standard InChI is InChI=1S/C12H13FN2O4.C11H12N2O4/c1-2-3-4-7-5-8(16)19-11-9(7)10(17)14-12(18)15(11)6-13;1-2-3-4-6-5-7(14)17-10-8(6)9(15)12-11(16)13-10/h5H,2-4,6H2,1H3,(H,14,17,18);5H,2-4H2,1H3,(H2,12,13,15,16). The van der Waals surface area contributed by atoms with Crippen LogP contribution in [0.4, 0.5) is 4.39 Å². The zero-order valence-electron chi connectivity index (χ0n) is 19.7. The summed E-state index contributed by atoms with van der Waals surface area (Å²) in [5, 5.41) is 0.308. The highest BCUT2D eigenvalue weighted by molar-refractivity contribution is 5.76. The molecular formula is C23H25FN4O8. The van der Waals surface area contributed by atoms with Gasteiger partial charge in [0.2, 0.25) is 11.4 Å². The quantitative estimate of drug-likeness (QED) is 0.338. The monoisotopic (exact) mass is 504 g/mol. The van der Waals surface area contributed by atoms with E-state index in [9.17, 15) is 33.2 Å². The molecule has 12 nitrogen and oxygen atoms in total. The summed E-state index contributed by atoms with van der Waals surface area (Å²) in [6, 6.07) is 2.51. The molecule has 0 unspecified atom stereocenters. The summed E-state index contributed by atoms with van der Waals surface area (Å²) in [6.07, 6.45) is 4.55. The van der Waals surface area contributed by atoms with Crippen LogP contribution in [-0.2, 0) is 19.6 Å². The summed E-state index contributed by atoms with van der Waals surface area (Å²) < 4.78 is 23.1. The molecule has 4 rings (SSSR count). The Kier molecular flexibility index (Phi) is 8.35. The molecule has 0 spiro atoms. The van der Waals surface area contributed by atoms with Gasteiger partial charge in [0.05, 0.1) is 0 Å². The first-order valence-corrected chi connectivity index (χ1v) is 11.3. The van der Waals surface area contributed by atoms with Crippen LogP contribution in [0.3, 0.4) is 0 Å². The molecule has 4 aromatic rings. The molecule has 0 fully saturated rings. The number of nitrogens with zero attached hydrogens (tertiary/aromatic N) is 1. The van der Waals surface area contributed by atoms with Crippen molar-refractivity contribution in [3.63, 3.8) is 0 Å². The van der Waals surface area contributed by atoms with E-state index in [1.807, 2.05) is 18.8 Å². The minimum absolute atomic E-state index is 0.0580. The third kappa shape index (κ3) is 5.67. The lowest BCUT2D eigenvalue weighted by Crippen LogP contribution is -2.31. The first-order valence-electron chi connectivity index (χ1n) is 11.3. The predicted octanol–water partition coefficient (Wildman–Crippen LogP) is 1.42. The van der Waals surface area contributed by atoms with Gasteiger partial charge in [-0.2, -0.15) is 0 Å². The number of unbranched alkanes of at least 4 members (excludes halogenated alkanes) is 2. The van der Waals surface area contributed by atoms with Gasteiger partial charge in [0.15, 0.2) is 6.80 Å². The molecule has 3 N–H and O–H groups in total. The van der Waals surface area contributed by atoms with Gasteiger partial charge in [0, 0.05) is 12.1 Å². The topological polar surface area (TPSA) is 181 Å². The molecule has 0 saturated heterocycles. The second kappa shape index (κ2) is 11.4. The van der Waals surface area contributed by atoms with Gasteiger partial charge in [0.25, 0.3) is 11.1 Å². The maximum absolute atomic E-state index is 12.8. The number of alkyl halides is 1. The van der Waals surface area contributed by atoms with E-state index in [0.29, 0.717) is 28.5 Å². The molecule has 4 aromatic heterocycles. The zero-order chi connectivity index (χ0) is 26.4. The van der Waals surface area contributed by atoms with Crippen LogP contribution in [-0.4, -0.2) is 19.5 Å². The fraction of sp³-hybridized carbons (Fsp3) is 0.391. The molecule has 0 radical (unpaired) electrons. The maximum atomic E-state index is 12.8. The Bertz CT molecular complexity index is 1730. The summed E-state index contributed by atoms with van der Waals surface area (Å²) in [5.41, 5.74) is -3.37. The van der Waals surface area contributed by atoms with E-state index in [1.165, 1.54) is 12.1 Å². The second-order valence-corrected chi connectivity index (χ2v) is 7.99. The highest BCUT2D eigenvalue weighted by atomic mass is 19.1. The molecule has 0 aromatic carbocycles. The number of rotatable bonds is 7. The number of aryl methyl sites for hydroxylation is 2. The molecule has 0 saturated carbocycles. The lowest BCUT2D eigenvalue weighted by Gasteiger charge is -2.07. The van der Waals surface area contributed by atoms with Gasteiger partial charge < -0.3 is 8.83 Å². The van der Waals surface area contributed by atoms with Crippen molar-refractivity contribution in [2.24, 2.45) is 0 Å². The van der Waals surface area contributed by atoms with Crippen molar-refractivity contribution in [2.75, 3.05) is 0 Å². The fourth-order valence-electron chi connectivity index (χ4n) is 3.70. The molecule has 192 valence electrons. The number of fused-ring (bicyclic) bond motifs is 2. The minimum atomic E-state index is -1.17. The van der Waals surface area contributed by atoms with Gasteiger partial charge in [-0.15, -0.1) is 0 Å². The van der Waals surface area contributed by atoms with Crippen molar-refractivity contribution in [3.8, 4) is 0 Å². The number of H-pyrrole nitrogens is 3. The van der Waals surface area contributed by atoms with Crippen LogP contribution >= 0.6 is 0 Å². The van der Waals surface area contributed by atoms with Crippen LogP contribution in [0.1, 0.15) is 50.7 Å². The fourth-order valence-corrected chi connectivity index (χ4v) is 3.70. The first-order chi connectivity index (χ1) is 17.2. The van der Waals surface area contributed by atoms with Gasteiger partial charge in [-0.05, 0) is 36.8 Å². The number of halogens is 1. The molecular weight excluding hydrogens is 479 g/mol. The molecule has 0 amide bonds. The molecule has 4 heterocycles. The normalized spacial score (nSPS) is 11.0. The van der Waals surface area contributed by atoms with E-state index in [2.05, 4.69) is 9.97 Å². The van der Waals surface area contributed by atoms with E-state index in [1.54, 1.807) is 0 Å². The minimum Gasteiger partial charge on any atom is -0.405 e. The van der Waals surface area contributed by atoms with Crippen LogP contribution in [0.25, 0.3) is 22.2 Å². The first kappa shape index (κ1) is 26.3. The van der Waals surface area contributed by atoms with Crippen LogP contribution in [0, 0.1) is 0 Å². The van der Waals surface area contributed by atoms with Crippen LogP contribution in [0.15, 0.2) is 49.7 Å². The van der Waals surface area contributed by atoms with Crippen molar-refractivity contribution in [1.82, 2.24) is 19.5 Å². The number of aromatic amines is 3. The van der Waals surface area contributed by atoms with Gasteiger partial charge in [-0.1, -0.05) is 26.7 Å². The number of hydrogen-bond acceptors (Lipinski definition) is 8. The Morgan fingerprint density at radius 3 is 1.92 bits per heavy atom. The average molecular weight is 504 g/mol. The van der Waals surface area contributed by atoms with Crippen molar-refractivity contribution in [2.45, 2.75) is 59.2 Å². The molecule has 0 aliphatic carbocycles. The van der Waals surface area contributed by atoms with Crippen molar-refractivity contribution in [3.05, 3.63) is 85.8 Å². The maximum Gasteiger partial charge on any atom is 0.337 e. The molecule has 36 heavy (non-hydrogen) atoms. The summed E-state index contributed by atoms with van der Waals surface area (Å²) >= 11 is 0. The molecule has 13 heteroatoms. The van der Waals surface area contributed by atoms with E-state index in [-0.39, 0.29) is 22.2 Å². The third-order valence-electron chi connectivity index (χ3n) is 5.41. The molecule has 0 atom stereocenters. The Labute approximate surface area is 200 Å². The summed E-state index contributed by atoms with van der Waals surface area (Å²) in [4.78, 5) is 75.1. The summed E-state index contributed by atoms with van der Waals surface area (Å²) in [5.74, 6) is 0. The van der Waals surface area contributed by atoms with Crippen LogP contribution < -0.4 is 33.7 Å². The Hall–Kier alpha value is -4.29. The summed E-state index contributed by atoms with van der Waals surface area (Å²) in [6.45, 7) is 2.81. The molecule has 0 aliphatic rings. The second-order valence-electron chi connectivity index (χ2n) is 7.99. The lowest BCUT2D eigenvalue weighted by atomic mass is 10.1. The lowest BCUT2D eigenvalue weighted by molar-refractivity contribution is 0.355.